The number of nitrogens with zero attached hydrogens (tertiary/aromatic N) is 1. The van der Waals surface area contributed by atoms with Crippen molar-refractivity contribution in [3.05, 3.63) is 12.2 Å². The maximum atomic E-state index is 11.4. The fraction of sp³-hybridized carbons (Fsp3) is 0.714. The number of hydrogen-bond acceptors (Lipinski definition) is 4. The Morgan fingerprint density at radius 3 is 1.95 bits per heavy atom. The van der Waals surface area contributed by atoms with Crippen molar-refractivity contribution in [3.63, 3.8) is 0 Å². The summed E-state index contributed by atoms with van der Waals surface area (Å²) in [6, 6.07) is 0. The third-order valence-corrected chi connectivity index (χ3v) is 3.18. The van der Waals surface area contributed by atoms with E-state index in [1.807, 2.05) is 34.6 Å². The molecule has 0 aromatic carbocycles. The minimum Gasteiger partial charge on any atom is -0.275 e. The lowest BCUT2D eigenvalue weighted by atomic mass is 10.1. The summed E-state index contributed by atoms with van der Waals surface area (Å²) < 4.78 is 0. The first kappa shape index (κ1) is 15.9. The molecule has 0 fully saturated rings. The highest BCUT2D eigenvalue weighted by molar-refractivity contribution is 6.12. The topological polar surface area (TPSA) is 55.8 Å². The van der Waals surface area contributed by atoms with Crippen LogP contribution in [0.15, 0.2) is 12.2 Å². The van der Waals surface area contributed by atoms with Gasteiger partial charge in [0.2, 0.25) is 0 Å². The van der Waals surface area contributed by atoms with E-state index < -0.39 is 5.60 Å². The fourth-order valence-electron chi connectivity index (χ4n) is 1.36. The molecule has 0 radical (unpaired) electrons. The quantitative estimate of drug-likeness (QED) is 0.404. The van der Waals surface area contributed by atoms with Crippen molar-refractivity contribution in [1.29, 1.82) is 0 Å². The molecular weight excluding hydrogens is 246 g/mol. The lowest BCUT2D eigenvalue weighted by Crippen LogP contribution is -2.38. The van der Waals surface area contributed by atoms with Gasteiger partial charge < -0.3 is 0 Å². The van der Waals surface area contributed by atoms with Gasteiger partial charge in [0.15, 0.2) is 0 Å². The van der Waals surface area contributed by atoms with Gasteiger partial charge in [-0.25, -0.2) is 9.78 Å². The normalized spacial score (nSPS) is 16.6. The molecule has 1 heterocycles. The smallest absolute Gasteiger partial charge is 0.253 e. The van der Waals surface area contributed by atoms with Crippen LogP contribution in [-0.4, -0.2) is 34.5 Å². The van der Waals surface area contributed by atoms with Crippen LogP contribution in [-0.2, 0) is 19.4 Å². The van der Waals surface area contributed by atoms with Gasteiger partial charge in [0.25, 0.3) is 11.8 Å². The lowest BCUT2D eigenvalue weighted by molar-refractivity contribution is -0.402. The van der Waals surface area contributed by atoms with Crippen LogP contribution >= 0.6 is 0 Å². The van der Waals surface area contributed by atoms with Crippen molar-refractivity contribution in [2.75, 3.05) is 6.54 Å². The van der Waals surface area contributed by atoms with E-state index in [-0.39, 0.29) is 17.4 Å². The van der Waals surface area contributed by atoms with E-state index >= 15 is 0 Å². The van der Waals surface area contributed by atoms with Crippen molar-refractivity contribution >= 4 is 11.8 Å². The summed E-state index contributed by atoms with van der Waals surface area (Å²) in [5, 5.41) is 0. The highest BCUT2D eigenvalue weighted by Gasteiger charge is 2.29. The summed E-state index contributed by atoms with van der Waals surface area (Å²) in [6.45, 7) is 9.98. The van der Waals surface area contributed by atoms with E-state index in [9.17, 15) is 9.59 Å². The van der Waals surface area contributed by atoms with Crippen molar-refractivity contribution < 1.29 is 19.4 Å². The zero-order valence-corrected chi connectivity index (χ0v) is 12.4. The van der Waals surface area contributed by atoms with Gasteiger partial charge in [0.05, 0.1) is 11.2 Å². The SMILES string of the molecule is CCC(C)(C)OOC(C)(C)CCN1C(=O)C=CC1=O. The molecule has 0 N–H and O–H groups in total. The first-order chi connectivity index (χ1) is 8.67. The summed E-state index contributed by atoms with van der Waals surface area (Å²) in [5.41, 5.74) is -0.909. The number of rotatable bonds is 7. The molecule has 0 atom stereocenters. The van der Waals surface area contributed by atoms with E-state index in [1.165, 1.54) is 17.1 Å². The Bertz CT molecular complexity index is 367. The molecule has 0 spiro atoms. The second-order valence-electron chi connectivity index (χ2n) is 5.95. The number of imide groups is 1. The van der Waals surface area contributed by atoms with E-state index in [4.69, 9.17) is 9.78 Å². The highest BCUT2D eigenvalue weighted by atomic mass is 17.2. The number of amides is 2. The third kappa shape index (κ3) is 4.76. The predicted molar refractivity (Wildman–Crippen MR) is 71.1 cm³/mol. The standard InChI is InChI=1S/C14H23NO4/c1-6-13(2,3)18-19-14(4,5)9-10-15-11(16)7-8-12(15)17/h7-8H,6,9-10H2,1-5H3. The largest absolute Gasteiger partial charge is 0.275 e. The minimum absolute atomic E-state index is 0.268. The second-order valence-corrected chi connectivity index (χ2v) is 5.95. The van der Waals surface area contributed by atoms with Crippen molar-refractivity contribution in [2.45, 2.75) is 58.7 Å². The Labute approximate surface area is 114 Å². The van der Waals surface area contributed by atoms with Crippen LogP contribution in [0.2, 0.25) is 0 Å². The molecule has 1 aliphatic heterocycles. The lowest BCUT2D eigenvalue weighted by Gasteiger charge is -2.30. The average molecular weight is 269 g/mol. The summed E-state index contributed by atoms with van der Waals surface area (Å²) in [5.74, 6) is -0.536. The molecule has 2 amide bonds. The Balaban J connectivity index is 2.43. The highest BCUT2D eigenvalue weighted by Crippen LogP contribution is 2.22. The van der Waals surface area contributed by atoms with Gasteiger partial charge in [-0.2, -0.15) is 0 Å². The van der Waals surface area contributed by atoms with E-state index in [2.05, 4.69) is 0 Å². The van der Waals surface area contributed by atoms with Crippen molar-refractivity contribution in [3.8, 4) is 0 Å². The minimum atomic E-state index is -0.560. The zero-order valence-electron chi connectivity index (χ0n) is 12.4. The average Bonchev–Trinajstić information content (AvgIpc) is 2.65. The molecule has 1 aliphatic rings. The molecule has 0 aromatic rings. The summed E-state index contributed by atoms with van der Waals surface area (Å²) in [4.78, 5) is 34.9. The molecule has 19 heavy (non-hydrogen) atoms. The molecule has 0 saturated carbocycles. The van der Waals surface area contributed by atoms with Crippen LogP contribution in [0, 0.1) is 0 Å². The van der Waals surface area contributed by atoms with Gasteiger partial charge in [-0.05, 0) is 40.5 Å². The monoisotopic (exact) mass is 269 g/mol. The van der Waals surface area contributed by atoms with Gasteiger partial charge in [-0.15, -0.1) is 0 Å². The van der Waals surface area contributed by atoms with Crippen molar-refractivity contribution in [2.24, 2.45) is 0 Å². The van der Waals surface area contributed by atoms with Crippen LogP contribution in [0.4, 0.5) is 0 Å². The Morgan fingerprint density at radius 2 is 1.47 bits per heavy atom. The van der Waals surface area contributed by atoms with E-state index in [0.717, 1.165) is 6.42 Å². The molecule has 0 bridgehead atoms. The van der Waals surface area contributed by atoms with Crippen LogP contribution in [0.5, 0.6) is 0 Å². The molecule has 0 unspecified atom stereocenters. The predicted octanol–water partition coefficient (Wildman–Crippen LogP) is 2.22. The Hall–Kier alpha value is -1.20. The van der Waals surface area contributed by atoms with Crippen molar-refractivity contribution in [1.82, 2.24) is 4.90 Å². The molecule has 0 saturated heterocycles. The first-order valence-corrected chi connectivity index (χ1v) is 6.57. The number of carbonyl (C=O) groups excluding carboxylic acids is 2. The van der Waals surface area contributed by atoms with Crippen LogP contribution in [0.25, 0.3) is 0 Å². The second kappa shape index (κ2) is 5.84. The number of carbonyl (C=O) groups is 2. The van der Waals surface area contributed by atoms with Crippen LogP contribution in [0.3, 0.4) is 0 Å². The fourth-order valence-corrected chi connectivity index (χ4v) is 1.36. The Kier molecular flexibility index (Phi) is 4.87. The summed E-state index contributed by atoms with van der Waals surface area (Å²) in [6.07, 6.45) is 3.92. The molecule has 0 aliphatic carbocycles. The van der Waals surface area contributed by atoms with Gasteiger partial charge in [0, 0.05) is 18.7 Å². The van der Waals surface area contributed by atoms with E-state index in [0.29, 0.717) is 13.0 Å². The van der Waals surface area contributed by atoms with Gasteiger partial charge in [0.1, 0.15) is 0 Å². The summed E-state index contributed by atoms with van der Waals surface area (Å²) >= 11 is 0. The zero-order chi connectivity index (χ0) is 14.7. The van der Waals surface area contributed by atoms with E-state index in [1.54, 1.807) is 0 Å². The molecular formula is C14H23NO4. The molecule has 0 aromatic heterocycles. The molecule has 5 nitrogen and oxygen atoms in total. The third-order valence-electron chi connectivity index (χ3n) is 3.18. The molecule has 5 heteroatoms. The maximum Gasteiger partial charge on any atom is 0.253 e. The first-order valence-electron chi connectivity index (χ1n) is 6.57. The maximum absolute atomic E-state index is 11.4. The summed E-state index contributed by atoms with van der Waals surface area (Å²) in [7, 11) is 0. The Morgan fingerprint density at radius 1 is 1.00 bits per heavy atom. The number of hydrogen-bond donors (Lipinski definition) is 0. The van der Waals surface area contributed by atoms with Crippen LogP contribution < -0.4 is 0 Å². The van der Waals surface area contributed by atoms with Gasteiger partial charge in [-0.3, -0.25) is 14.5 Å². The molecule has 1 rings (SSSR count). The van der Waals surface area contributed by atoms with Gasteiger partial charge in [-0.1, -0.05) is 6.92 Å². The van der Waals surface area contributed by atoms with Gasteiger partial charge >= 0.3 is 0 Å². The molecule has 108 valence electrons. The van der Waals surface area contributed by atoms with Crippen LogP contribution in [0.1, 0.15) is 47.5 Å².